The summed E-state index contributed by atoms with van der Waals surface area (Å²) in [5.41, 5.74) is -0.745. The highest BCUT2D eigenvalue weighted by Crippen LogP contribution is 2.30. The molecule has 0 aliphatic rings. The number of hydrogen-bond acceptors (Lipinski definition) is 1. The molecule has 0 fully saturated rings. The lowest BCUT2D eigenvalue weighted by molar-refractivity contribution is -0.143. The zero-order valence-corrected chi connectivity index (χ0v) is 7.14. The highest BCUT2D eigenvalue weighted by molar-refractivity contribution is 5.92. The van der Waals surface area contributed by atoms with E-state index in [1.165, 1.54) is 20.0 Å². The van der Waals surface area contributed by atoms with Crippen LogP contribution in [0.3, 0.4) is 0 Å². The van der Waals surface area contributed by atoms with E-state index in [0.717, 1.165) is 10.6 Å². The number of nitrogens with zero attached hydrogens (tertiary/aromatic N) is 1. The first-order valence-corrected chi connectivity index (χ1v) is 3.58. The van der Waals surface area contributed by atoms with Gasteiger partial charge in [0.1, 0.15) is 5.69 Å². The Morgan fingerprint density at radius 2 is 1.92 bits per heavy atom. The molecule has 1 rings (SSSR count). The Hall–Kier alpha value is -1.26. The van der Waals surface area contributed by atoms with E-state index in [0.29, 0.717) is 0 Å². The van der Waals surface area contributed by atoms with Gasteiger partial charge in [-0.3, -0.25) is 4.79 Å². The Labute approximate surface area is 73.0 Å². The summed E-state index contributed by atoms with van der Waals surface area (Å²) in [4.78, 5) is 10.8. The predicted octanol–water partition coefficient (Wildman–Crippen LogP) is 2.25. The number of carbonyl (C=O) groups is 1. The van der Waals surface area contributed by atoms with Crippen LogP contribution >= 0.6 is 0 Å². The lowest BCUT2D eigenvalue weighted by Gasteiger charge is -2.08. The van der Waals surface area contributed by atoms with Crippen LogP contribution in [0.5, 0.6) is 0 Å². The van der Waals surface area contributed by atoms with E-state index >= 15 is 0 Å². The summed E-state index contributed by atoms with van der Waals surface area (Å²) in [6.07, 6.45) is -4.40. The zero-order chi connectivity index (χ0) is 10.2. The maximum absolute atomic E-state index is 12.2. The molecule has 0 bridgehead atoms. The minimum Gasteiger partial charge on any atom is -0.338 e. The molecule has 0 aliphatic heterocycles. The molecule has 1 heterocycles. The van der Waals surface area contributed by atoms with Gasteiger partial charge in [0, 0.05) is 14.0 Å². The molecule has 5 heteroatoms. The Bertz CT molecular complexity index is 338. The van der Waals surface area contributed by atoms with Crippen LogP contribution in [0.4, 0.5) is 13.2 Å². The lowest BCUT2D eigenvalue weighted by Crippen LogP contribution is -2.13. The first-order chi connectivity index (χ1) is 5.84. The Morgan fingerprint density at radius 3 is 2.15 bits per heavy atom. The Kier molecular flexibility index (Phi) is 2.19. The largest absolute Gasteiger partial charge is 0.431 e. The second-order valence-corrected chi connectivity index (χ2v) is 2.72. The number of rotatable bonds is 1. The Balaban J connectivity index is 3.22. The van der Waals surface area contributed by atoms with Gasteiger partial charge < -0.3 is 4.57 Å². The summed E-state index contributed by atoms with van der Waals surface area (Å²) >= 11 is 0. The maximum Gasteiger partial charge on any atom is 0.431 e. The molecule has 0 saturated carbocycles. The predicted molar refractivity (Wildman–Crippen MR) is 40.4 cm³/mol. The number of halogens is 3. The highest BCUT2D eigenvalue weighted by Gasteiger charge is 2.34. The van der Waals surface area contributed by atoms with Crippen LogP contribution < -0.4 is 0 Å². The molecular formula is C8H8F3NO. The molecule has 0 N–H and O–H groups in total. The molecule has 0 unspecified atom stereocenters. The molecule has 0 atom stereocenters. The van der Waals surface area contributed by atoms with Crippen molar-refractivity contribution in [3.05, 3.63) is 23.5 Å². The topological polar surface area (TPSA) is 22.0 Å². The molecule has 0 spiro atoms. The third-order valence-corrected chi connectivity index (χ3v) is 1.77. The SMILES string of the molecule is CC(=O)c1ccc(C(F)(F)F)n1C. The summed E-state index contributed by atoms with van der Waals surface area (Å²) in [5, 5.41) is 0. The summed E-state index contributed by atoms with van der Waals surface area (Å²) in [6, 6.07) is 2.07. The van der Waals surface area contributed by atoms with E-state index in [4.69, 9.17) is 0 Å². The third kappa shape index (κ3) is 1.74. The molecule has 0 aromatic carbocycles. The summed E-state index contributed by atoms with van der Waals surface area (Å²) in [5.74, 6) is -0.377. The van der Waals surface area contributed by atoms with Gasteiger partial charge in [0.25, 0.3) is 0 Å². The monoisotopic (exact) mass is 191 g/mol. The molecule has 13 heavy (non-hydrogen) atoms. The van der Waals surface area contributed by atoms with Gasteiger partial charge >= 0.3 is 6.18 Å². The number of alkyl halides is 3. The molecule has 0 aliphatic carbocycles. The molecule has 1 aromatic rings. The van der Waals surface area contributed by atoms with Crippen LogP contribution in [0.15, 0.2) is 12.1 Å². The van der Waals surface area contributed by atoms with E-state index in [9.17, 15) is 18.0 Å². The molecule has 0 saturated heterocycles. The van der Waals surface area contributed by atoms with Gasteiger partial charge in [0.05, 0.1) is 5.69 Å². The zero-order valence-electron chi connectivity index (χ0n) is 7.14. The summed E-state index contributed by atoms with van der Waals surface area (Å²) < 4.78 is 37.4. The maximum atomic E-state index is 12.2. The quantitative estimate of drug-likeness (QED) is 0.624. The highest BCUT2D eigenvalue weighted by atomic mass is 19.4. The average molecular weight is 191 g/mol. The minimum absolute atomic E-state index is 0.0623. The van der Waals surface area contributed by atoms with Crippen molar-refractivity contribution in [1.82, 2.24) is 4.57 Å². The van der Waals surface area contributed by atoms with Crippen molar-refractivity contribution in [2.45, 2.75) is 13.1 Å². The average Bonchev–Trinajstić information content (AvgIpc) is 2.28. The van der Waals surface area contributed by atoms with Crippen LogP contribution in [0.1, 0.15) is 23.1 Å². The second-order valence-electron chi connectivity index (χ2n) is 2.72. The van der Waals surface area contributed by atoms with E-state index in [-0.39, 0.29) is 11.5 Å². The molecule has 0 amide bonds. The molecule has 1 aromatic heterocycles. The van der Waals surface area contributed by atoms with Crippen molar-refractivity contribution in [2.24, 2.45) is 7.05 Å². The van der Waals surface area contributed by atoms with Crippen molar-refractivity contribution in [3.63, 3.8) is 0 Å². The molecule has 72 valence electrons. The van der Waals surface area contributed by atoms with Gasteiger partial charge in [-0.1, -0.05) is 0 Å². The van der Waals surface area contributed by atoms with Crippen LogP contribution in [0.25, 0.3) is 0 Å². The van der Waals surface area contributed by atoms with Gasteiger partial charge in [-0.2, -0.15) is 13.2 Å². The van der Waals surface area contributed by atoms with Crippen molar-refractivity contribution >= 4 is 5.78 Å². The number of Topliss-reactive ketones (excluding diaryl/α,β-unsaturated/α-hetero) is 1. The molecule has 0 radical (unpaired) electrons. The van der Waals surface area contributed by atoms with E-state index < -0.39 is 11.9 Å². The smallest absolute Gasteiger partial charge is 0.338 e. The fourth-order valence-corrected chi connectivity index (χ4v) is 1.15. The minimum atomic E-state index is -4.40. The van der Waals surface area contributed by atoms with Crippen LogP contribution in [-0.2, 0) is 13.2 Å². The fraction of sp³-hybridized carbons (Fsp3) is 0.375. The lowest BCUT2D eigenvalue weighted by atomic mass is 10.3. The second kappa shape index (κ2) is 2.90. The van der Waals surface area contributed by atoms with E-state index in [1.54, 1.807) is 0 Å². The summed E-state index contributed by atoms with van der Waals surface area (Å²) in [7, 11) is 1.22. The van der Waals surface area contributed by atoms with E-state index in [1.807, 2.05) is 0 Å². The first kappa shape index (κ1) is 9.83. The van der Waals surface area contributed by atoms with Gasteiger partial charge in [-0.25, -0.2) is 0 Å². The van der Waals surface area contributed by atoms with Crippen molar-refractivity contribution < 1.29 is 18.0 Å². The summed E-state index contributed by atoms with van der Waals surface area (Å²) in [6.45, 7) is 1.23. The van der Waals surface area contributed by atoms with Gasteiger partial charge in [-0.15, -0.1) is 0 Å². The van der Waals surface area contributed by atoms with Crippen LogP contribution in [0, 0.1) is 0 Å². The first-order valence-electron chi connectivity index (χ1n) is 3.58. The van der Waals surface area contributed by atoms with E-state index in [2.05, 4.69) is 0 Å². The van der Waals surface area contributed by atoms with Gasteiger partial charge in [0.2, 0.25) is 0 Å². The normalized spacial score (nSPS) is 11.8. The number of ketones is 1. The standard InChI is InChI=1S/C8H8F3NO/c1-5(13)6-3-4-7(12(6)2)8(9,10)11/h3-4H,1-2H3. The molecule has 2 nitrogen and oxygen atoms in total. The fourth-order valence-electron chi connectivity index (χ4n) is 1.15. The molecular weight excluding hydrogens is 183 g/mol. The van der Waals surface area contributed by atoms with Gasteiger partial charge in [0.15, 0.2) is 5.78 Å². The van der Waals surface area contributed by atoms with Crippen molar-refractivity contribution in [3.8, 4) is 0 Å². The van der Waals surface area contributed by atoms with Gasteiger partial charge in [-0.05, 0) is 12.1 Å². The number of aromatic nitrogens is 1. The van der Waals surface area contributed by atoms with Crippen molar-refractivity contribution in [2.75, 3.05) is 0 Å². The van der Waals surface area contributed by atoms with Crippen LogP contribution in [-0.4, -0.2) is 10.4 Å². The Morgan fingerprint density at radius 1 is 1.38 bits per heavy atom. The van der Waals surface area contributed by atoms with Crippen LogP contribution in [0.2, 0.25) is 0 Å². The number of hydrogen-bond donors (Lipinski definition) is 0. The number of carbonyl (C=O) groups excluding carboxylic acids is 1. The van der Waals surface area contributed by atoms with Crippen molar-refractivity contribution in [1.29, 1.82) is 0 Å². The third-order valence-electron chi connectivity index (χ3n) is 1.77.